The zero-order chi connectivity index (χ0) is 13.2. The lowest BCUT2D eigenvalue weighted by Gasteiger charge is -2.05. The fourth-order valence-electron chi connectivity index (χ4n) is 1.19. The van der Waals surface area contributed by atoms with E-state index in [1.54, 1.807) is 0 Å². The molecule has 0 atom stereocenters. The van der Waals surface area contributed by atoms with Crippen LogP contribution in [0.4, 0.5) is 5.82 Å². The second-order valence-corrected chi connectivity index (χ2v) is 4.94. The van der Waals surface area contributed by atoms with Crippen LogP contribution in [0.1, 0.15) is 10.5 Å². The molecule has 94 valence electrons. The highest BCUT2D eigenvalue weighted by Crippen LogP contribution is 2.12. The first kappa shape index (κ1) is 12.0. The molecule has 0 bridgehead atoms. The van der Waals surface area contributed by atoms with Crippen molar-refractivity contribution in [2.45, 2.75) is 4.90 Å². The third-order valence-electron chi connectivity index (χ3n) is 1.99. The van der Waals surface area contributed by atoms with Crippen LogP contribution in [0.15, 0.2) is 35.5 Å². The van der Waals surface area contributed by atoms with Crippen molar-refractivity contribution in [2.75, 3.05) is 4.72 Å². The lowest BCUT2D eigenvalue weighted by Crippen LogP contribution is -2.14. The Labute approximate surface area is 102 Å². The summed E-state index contributed by atoms with van der Waals surface area (Å²) in [6, 6.07) is 4.01. The molecule has 3 N–H and O–H groups in total. The fourth-order valence-corrected chi connectivity index (χ4v) is 2.10. The van der Waals surface area contributed by atoms with Gasteiger partial charge in [-0.15, -0.1) is 0 Å². The van der Waals surface area contributed by atoms with Gasteiger partial charge in [0.25, 0.3) is 10.0 Å². The van der Waals surface area contributed by atoms with Gasteiger partial charge >= 0.3 is 5.97 Å². The molecule has 8 nitrogen and oxygen atoms in total. The van der Waals surface area contributed by atoms with Gasteiger partial charge in [-0.25, -0.2) is 18.2 Å². The van der Waals surface area contributed by atoms with E-state index in [1.807, 2.05) is 0 Å². The average Bonchev–Trinajstić information content (AvgIpc) is 2.82. The number of sulfonamides is 1. The van der Waals surface area contributed by atoms with E-state index in [1.165, 1.54) is 24.4 Å². The summed E-state index contributed by atoms with van der Waals surface area (Å²) in [5.41, 5.74) is -0.248. The van der Waals surface area contributed by atoms with Crippen molar-refractivity contribution < 1.29 is 18.3 Å². The summed E-state index contributed by atoms with van der Waals surface area (Å²) in [6.45, 7) is 0. The van der Waals surface area contributed by atoms with E-state index in [9.17, 15) is 13.2 Å². The quantitative estimate of drug-likeness (QED) is 0.732. The number of hydrogen-bond acceptors (Lipinski definition) is 5. The molecular weight excluding hydrogens is 260 g/mol. The highest BCUT2D eigenvalue weighted by Gasteiger charge is 2.16. The maximum Gasteiger partial charge on any atom is 0.354 e. The molecule has 0 saturated heterocycles. The lowest BCUT2D eigenvalue weighted by atomic mass is 10.3. The predicted octanol–water partition coefficient (Wildman–Crippen LogP) is 0.304. The zero-order valence-electron chi connectivity index (χ0n) is 8.86. The van der Waals surface area contributed by atoms with E-state index in [2.05, 4.69) is 19.9 Å². The third kappa shape index (κ3) is 2.46. The van der Waals surface area contributed by atoms with Crippen LogP contribution in [0.3, 0.4) is 0 Å². The van der Waals surface area contributed by atoms with Crippen LogP contribution in [0.25, 0.3) is 0 Å². The summed E-state index contributed by atoms with van der Waals surface area (Å²) in [5.74, 6) is -1.31. The average molecular weight is 268 g/mol. The molecule has 0 spiro atoms. The number of carboxylic acids is 1. The van der Waals surface area contributed by atoms with Crippen molar-refractivity contribution >= 4 is 21.8 Å². The number of aromatic carboxylic acids is 1. The van der Waals surface area contributed by atoms with Gasteiger partial charge in [-0.3, -0.25) is 9.82 Å². The van der Waals surface area contributed by atoms with Crippen LogP contribution in [0, 0.1) is 0 Å². The van der Waals surface area contributed by atoms with Crippen LogP contribution >= 0.6 is 0 Å². The van der Waals surface area contributed by atoms with Gasteiger partial charge in [0.05, 0.1) is 6.20 Å². The topological polar surface area (TPSA) is 125 Å². The molecule has 18 heavy (non-hydrogen) atoms. The van der Waals surface area contributed by atoms with Crippen LogP contribution in [0.2, 0.25) is 0 Å². The summed E-state index contributed by atoms with van der Waals surface area (Å²) in [4.78, 5) is 14.3. The third-order valence-corrected chi connectivity index (χ3v) is 3.31. The van der Waals surface area contributed by atoms with E-state index in [0.717, 1.165) is 6.20 Å². The largest absolute Gasteiger partial charge is 0.477 e. The van der Waals surface area contributed by atoms with E-state index in [-0.39, 0.29) is 16.4 Å². The number of anilines is 1. The highest BCUT2D eigenvalue weighted by molar-refractivity contribution is 7.92. The number of hydrogen-bond donors (Lipinski definition) is 3. The summed E-state index contributed by atoms with van der Waals surface area (Å²) in [7, 11) is -3.81. The first-order chi connectivity index (χ1) is 8.49. The standard InChI is InChI=1S/C9H8N4O4S/c14-9(15)7-2-1-3-8(12-7)13-18(16,17)6-4-10-11-5-6/h1-5H,(H,10,11)(H,12,13)(H,14,15). The van der Waals surface area contributed by atoms with Crippen LogP contribution < -0.4 is 4.72 Å². The highest BCUT2D eigenvalue weighted by atomic mass is 32.2. The zero-order valence-corrected chi connectivity index (χ0v) is 9.68. The van der Waals surface area contributed by atoms with Crippen molar-refractivity contribution in [1.82, 2.24) is 15.2 Å². The molecule has 2 heterocycles. The Morgan fingerprint density at radius 1 is 1.39 bits per heavy atom. The minimum absolute atomic E-state index is 0.0648. The van der Waals surface area contributed by atoms with Gasteiger partial charge in [0, 0.05) is 6.20 Å². The number of aromatic nitrogens is 3. The first-order valence-electron chi connectivity index (χ1n) is 4.71. The SMILES string of the molecule is O=C(O)c1cccc(NS(=O)(=O)c2cn[nH]c2)n1. The van der Waals surface area contributed by atoms with Crippen molar-refractivity contribution in [2.24, 2.45) is 0 Å². The Kier molecular flexibility index (Phi) is 2.98. The molecular formula is C9H8N4O4S. The molecule has 0 aliphatic heterocycles. The molecule has 0 fully saturated rings. The molecule has 0 aromatic carbocycles. The number of carboxylic acid groups (broad SMARTS) is 1. The van der Waals surface area contributed by atoms with Gasteiger partial charge in [0.15, 0.2) is 5.69 Å². The molecule has 9 heteroatoms. The Bertz CT molecular complexity index is 666. The van der Waals surface area contributed by atoms with Gasteiger partial charge in [0.2, 0.25) is 0 Å². The molecule has 0 radical (unpaired) electrons. The molecule has 0 amide bonds. The minimum atomic E-state index is -3.81. The molecule has 0 unspecified atom stereocenters. The monoisotopic (exact) mass is 268 g/mol. The predicted molar refractivity (Wildman–Crippen MR) is 60.6 cm³/mol. The van der Waals surface area contributed by atoms with Gasteiger partial charge in [-0.2, -0.15) is 5.10 Å². The van der Waals surface area contributed by atoms with E-state index >= 15 is 0 Å². The molecule has 2 rings (SSSR count). The van der Waals surface area contributed by atoms with Gasteiger partial charge in [0.1, 0.15) is 10.7 Å². The second kappa shape index (κ2) is 4.45. The number of carbonyl (C=O) groups is 1. The van der Waals surface area contributed by atoms with Crippen molar-refractivity contribution in [1.29, 1.82) is 0 Å². The Morgan fingerprint density at radius 2 is 2.17 bits per heavy atom. The summed E-state index contributed by atoms with van der Waals surface area (Å²) >= 11 is 0. The maximum absolute atomic E-state index is 11.8. The maximum atomic E-state index is 11.8. The van der Waals surface area contributed by atoms with Gasteiger partial charge in [-0.1, -0.05) is 6.07 Å². The summed E-state index contributed by atoms with van der Waals surface area (Å²) in [5, 5.41) is 14.6. The molecule has 0 aliphatic carbocycles. The number of nitrogens with zero attached hydrogens (tertiary/aromatic N) is 2. The Hall–Kier alpha value is -2.42. The van der Waals surface area contributed by atoms with Crippen molar-refractivity contribution in [3.63, 3.8) is 0 Å². The van der Waals surface area contributed by atoms with Crippen LogP contribution in [-0.4, -0.2) is 34.7 Å². The van der Waals surface area contributed by atoms with Gasteiger partial charge in [-0.05, 0) is 12.1 Å². The molecule has 0 aliphatic rings. The van der Waals surface area contributed by atoms with E-state index in [4.69, 9.17) is 5.11 Å². The fraction of sp³-hybridized carbons (Fsp3) is 0. The van der Waals surface area contributed by atoms with E-state index < -0.39 is 16.0 Å². The summed E-state index contributed by atoms with van der Waals surface area (Å²) in [6.07, 6.45) is 2.33. The number of nitrogens with one attached hydrogen (secondary N) is 2. The normalized spacial score (nSPS) is 11.1. The number of pyridine rings is 1. The number of rotatable bonds is 4. The Balaban J connectivity index is 2.30. The van der Waals surface area contributed by atoms with Crippen molar-refractivity contribution in [3.05, 3.63) is 36.3 Å². The number of aromatic amines is 1. The minimum Gasteiger partial charge on any atom is -0.477 e. The van der Waals surface area contributed by atoms with Crippen LogP contribution in [-0.2, 0) is 10.0 Å². The Morgan fingerprint density at radius 3 is 2.78 bits per heavy atom. The lowest BCUT2D eigenvalue weighted by molar-refractivity contribution is 0.0690. The molecule has 2 aromatic rings. The molecule has 0 saturated carbocycles. The van der Waals surface area contributed by atoms with Crippen molar-refractivity contribution in [3.8, 4) is 0 Å². The smallest absolute Gasteiger partial charge is 0.354 e. The van der Waals surface area contributed by atoms with E-state index in [0.29, 0.717) is 0 Å². The second-order valence-electron chi connectivity index (χ2n) is 3.25. The number of H-pyrrole nitrogens is 1. The van der Waals surface area contributed by atoms with Gasteiger partial charge < -0.3 is 5.11 Å². The van der Waals surface area contributed by atoms with Crippen LogP contribution in [0.5, 0.6) is 0 Å². The first-order valence-corrected chi connectivity index (χ1v) is 6.19. The molecule has 2 aromatic heterocycles. The summed E-state index contributed by atoms with van der Waals surface area (Å²) < 4.78 is 25.7.